The summed E-state index contributed by atoms with van der Waals surface area (Å²) < 4.78 is 2.31. The number of alkyl halides is 1. The standard InChI is InChI=1S/C19H20BrNO/c20-13-7-1-2-8-14-21-17-11-5-3-9-15(17)19(22)16-10-4-6-12-18(16)21/h3-6,9-12H,1-2,7-8,13-14H2. The minimum absolute atomic E-state index is 0.140. The van der Waals surface area contributed by atoms with E-state index in [0.717, 1.165) is 40.1 Å². The maximum absolute atomic E-state index is 12.6. The van der Waals surface area contributed by atoms with Crippen LogP contribution in [0.1, 0.15) is 25.7 Å². The van der Waals surface area contributed by atoms with Gasteiger partial charge in [0, 0.05) is 22.6 Å². The Morgan fingerprint density at radius 3 is 1.91 bits per heavy atom. The molecule has 0 aliphatic carbocycles. The fourth-order valence-electron chi connectivity index (χ4n) is 3.04. The van der Waals surface area contributed by atoms with Gasteiger partial charge in [0.15, 0.2) is 5.43 Å². The van der Waals surface area contributed by atoms with Gasteiger partial charge < -0.3 is 4.57 Å². The lowest BCUT2D eigenvalue weighted by molar-refractivity contribution is 0.603. The zero-order valence-electron chi connectivity index (χ0n) is 12.6. The van der Waals surface area contributed by atoms with Crippen molar-refractivity contribution in [2.24, 2.45) is 0 Å². The largest absolute Gasteiger partial charge is 0.340 e. The molecule has 1 heterocycles. The van der Waals surface area contributed by atoms with Crippen LogP contribution in [0.2, 0.25) is 0 Å². The number of unbranched alkanes of at least 4 members (excludes halogenated alkanes) is 3. The molecule has 0 amide bonds. The van der Waals surface area contributed by atoms with E-state index in [1.807, 2.05) is 36.4 Å². The van der Waals surface area contributed by atoms with Crippen LogP contribution in [0.15, 0.2) is 53.3 Å². The third kappa shape index (κ3) is 2.95. The van der Waals surface area contributed by atoms with Gasteiger partial charge in [-0.05, 0) is 37.1 Å². The number of aromatic nitrogens is 1. The highest BCUT2D eigenvalue weighted by Gasteiger charge is 2.09. The molecule has 0 atom stereocenters. The number of fused-ring (bicyclic) bond motifs is 2. The van der Waals surface area contributed by atoms with Crippen LogP contribution < -0.4 is 5.43 Å². The van der Waals surface area contributed by atoms with E-state index in [1.54, 1.807) is 0 Å². The van der Waals surface area contributed by atoms with Crippen LogP contribution in [0.4, 0.5) is 0 Å². The van der Waals surface area contributed by atoms with Crippen LogP contribution in [0.3, 0.4) is 0 Å². The summed E-state index contributed by atoms with van der Waals surface area (Å²) in [5.41, 5.74) is 2.24. The molecule has 0 aliphatic heterocycles. The summed E-state index contributed by atoms with van der Waals surface area (Å²) in [6.07, 6.45) is 4.84. The molecule has 3 aromatic rings. The van der Waals surface area contributed by atoms with Crippen molar-refractivity contribution < 1.29 is 0 Å². The smallest absolute Gasteiger partial charge is 0.197 e. The second kappa shape index (κ2) is 7.10. The van der Waals surface area contributed by atoms with Crippen LogP contribution in [0, 0.1) is 0 Å². The van der Waals surface area contributed by atoms with Gasteiger partial charge in [-0.2, -0.15) is 0 Å². The summed E-state index contributed by atoms with van der Waals surface area (Å²) >= 11 is 3.48. The number of hydrogen-bond acceptors (Lipinski definition) is 1. The molecule has 0 aliphatic rings. The predicted octanol–water partition coefficient (Wildman–Crippen LogP) is 5.11. The van der Waals surface area contributed by atoms with Crippen molar-refractivity contribution in [1.29, 1.82) is 0 Å². The minimum atomic E-state index is 0.140. The molecular weight excluding hydrogens is 338 g/mol. The summed E-state index contributed by atoms with van der Waals surface area (Å²) in [4.78, 5) is 12.6. The van der Waals surface area contributed by atoms with Gasteiger partial charge in [-0.25, -0.2) is 0 Å². The van der Waals surface area contributed by atoms with E-state index >= 15 is 0 Å². The number of hydrogen-bond donors (Lipinski definition) is 0. The number of para-hydroxylation sites is 2. The molecule has 0 N–H and O–H groups in total. The molecule has 0 bridgehead atoms. The average molecular weight is 358 g/mol. The fourth-order valence-corrected chi connectivity index (χ4v) is 3.43. The van der Waals surface area contributed by atoms with Gasteiger partial charge in [-0.1, -0.05) is 53.0 Å². The number of nitrogens with zero attached hydrogens (tertiary/aromatic N) is 1. The highest BCUT2D eigenvalue weighted by atomic mass is 79.9. The summed E-state index contributed by atoms with van der Waals surface area (Å²) in [6, 6.07) is 15.9. The number of benzene rings is 2. The molecule has 22 heavy (non-hydrogen) atoms. The Morgan fingerprint density at radius 2 is 1.32 bits per heavy atom. The first-order valence-electron chi connectivity index (χ1n) is 7.89. The Bertz CT molecular complexity index is 778. The molecule has 0 saturated heterocycles. The zero-order valence-corrected chi connectivity index (χ0v) is 14.2. The van der Waals surface area contributed by atoms with Gasteiger partial charge in [-0.3, -0.25) is 4.79 Å². The van der Waals surface area contributed by atoms with E-state index in [-0.39, 0.29) is 5.43 Å². The summed E-state index contributed by atoms with van der Waals surface area (Å²) in [7, 11) is 0. The second-order valence-electron chi connectivity index (χ2n) is 5.62. The molecular formula is C19H20BrNO. The maximum Gasteiger partial charge on any atom is 0.197 e. The number of rotatable bonds is 6. The SMILES string of the molecule is O=c1c2ccccc2n(CCCCCCBr)c2ccccc12. The number of aryl methyl sites for hydroxylation is 1. The predicted molar refractivity (Wildman–Crippen MR) is 98.0 cm³/mol. The second-order valence-corrected chi connectivity index (χ2v) is 6.41. The maximum atomic E-state index is 12.6. The molecule has 3 rings (SSSR count). The van der Waals surface area contributed by atoms with Crippen molar-refractivity contribution in [1.82, 2.24) is 4.57 Å². The molecule has 0 saturated carbocycles. The number of pyridine rings is 1. The van der Waals surface area contributed by atoms with Crippen molar-refractivity contribution in [2.75, 3.05) is 5.33 Å². The van der Waals surface area contributed by atoms with Crippen molar-refractivity contribution in [3.05, 3.63) is 58.8 Å². The summed E-state index contributed by atoms with van der Waals surface area (Å²) in [6.45, 7) is 0.962. The van der Waals surface area contributed by atoms with Crippen LogP contribution in [0.5, 0.6) is 0 Å². The van der Waals surface area contributed by atoms with Gasteiger partial charge in [0.05, 0.1) is 11.0 Å². The summed E-state index contributed by atoms with van der Waals surface area (Å²) in [5, 5.41) is 2.72. The normalized spacial score (nSPS) is 11.3. The van der Waals surface area contributed by atoms with E-state index in [1.165, 1.54) is 19.3 Å². The van der Waals surface area contributed by atoms with Gasteiger partial charge in [-0.15, -0.1) is 0 Å². The molecule has 0 spiro atoms. The molecule has 114 valence electrons. The lowest BCUT2D eigenvalue weighted by Gasteiger charge is -2.15. The molecule has 2 nitrogen and oxygen atoms in total. The molecule has 3 heteroatoms. The monoisotopic (exact) mass is 357 g/mol. The van der Waals surface area contributed by atoms with Gasteiger partial charge in [0.2, 0.25) is 0 Å². The third-order valence-corrected chi connectivity index (χ3v) is 4.71. The molecule has 0 radical (unpaired) electrons. The molecule has 1 aromatic heterocycles. The van der Waals surface area contributed by atoms with Crippen LogP contribution >= 0.6 is 15.9 Å². The first kappa shape index (κ1) is 15.3. The topological polar surface area (TPSA) is 22.0 Å². The Labute approximate surface area is 138 Å². The van der Waals surface area contributed by atoms with Crippen LogP contribution in [-0.2, 0) is 6.54 Å². The van der Waals surface area contributed by atoms with Crippen molar-refractivity contribution in [3.8, 4) is 0 Å². The average Bonchev–Trinajstić information content (AvgIpc) is 2.57. The fraction of sp³-hybridized carbons (Fsp3) is 0.316. The highest BCUT2D eigenvalue weighted by Crippen LogP contribution is 2.20. The Balaban J connectivity index is 2.05. The lowest BCUT2D eigenvalue weighted by Crippen LogP contribution is -2.11. The Morgan fingerprint density at radius 1 is 0.773 bits per heavy atom. The van der Waals surface area contributed by atoms with E-state index in [4.69, 9.17) is 0 Å². The van der Waals surface area contributed by atoms with Crippen molar-refractivity contribution in [3.63, 3.8) is 0 Å². The zero-order chi connectivity index (χ0) is 15.4. The molecule has 0 fully saturated rings. The lowest BCUT2D eigenvalue weighted by atomic mass is 10.1. The Hall–Kier alpha value is -1.61. The van der Waals surface area contributed by atoms with Crippen LogP contribution in [-0.4, -0.2) is 9.90 Å². The number of halogens is 1. The van der Waals surface area contributed by atoms with Gasteiger partial charge in [0.25, 0.3) is 0 Å². The van der Waals surface area contributed by atoms with Gasteiger partial charge >= 0.3 is 0 Å². The van der Waals surface area contributed by atoms with E-state index in [9.17, 15) is 4.79 Å². The minimum Gasteiger partial charge on any atom is -0.340 e. The van der Waals surface area contributed by atoms with E-state index in [0.29, 0.717) is 0 Å². The van der Waals surface area contributed by atoms with Crippen molar-refractivity contribution >= 4 is 37.7 Å². The highest BCUT2D eigenvalue weighted by molar-refractivity contribution is 9.09. The summed E-state index contributed by atoms with van der Waals surface area (Å²) in [5.74, 6) is 0. The van der Waals surface area contributed by atoms with Crippen molar-refractivity contribution in [2.45, 2.75) is 32.2 Å². The molecule has 2 aromatic carbocycles. The molecule has 0 unspecified atom stereocenters. The first-order valence-corrected chi connectivity index (χ1v) is 9.01. The van der Waals surface area contributed by atoms with Gasteiger partial charge in [0.1, 0.15) is 0 Å². The quantitative estimate of drug-likeness (QED) is 0.341. The third-order valence-electron chi connectivity index (χ3n) is 4.14. The van der Waals surface area contributed by atoms with Crippen LogP contribution in [0.25, 0.3) is 21.8 Å². The van der Waals surface area contributed by atoms with E-state index in [2.05, 4.69) is 32.6 Å². The van der Waals surface area contributed by atoms with E-state index < -0.39 is 0 Å². The first-order chi connectivity index (χ1) is 10.8. The Kier molecular flexibility index (Phi) is 4.94.